The lowest BCUT2D eigenvalue weighted by Crippen LogP contribution is -2.51. The molecule has 1 heterocycles. The minimum absolute atomic E-state index is 0.141. The molecule has 5 nitrogen and oxygen atoms in total. The summed E-state index contributed by atoms with van der Waals surface area (Å²) in [4.78, 5) is 18.9. The van der Waals surface area contributed by atoms with Gasteiger partial charge in [0.1, 0.15) is 5.75 Å². The summed E-state index contributed by atoms with van der Waals surface area (Å²) < 4.78 is 5.45. The zero-order chi connectivity index (χ0) is 20.1. The molecule has 1 fully saturated rings. The Morgan fingerprint density at radius 2 is 1.79 bits per heavy atom. The van der Waals surface area contributed by atoms with Crippen LogP contribution in [0.2, 0.25) is 10.0 Å². The van der Waals surface area contributed by atoms with Gasteiger partial charge in [0.25, 0.3) is 0 Å². The van der Waals surface area contributed by atoms with Crippen LogP contribution in [0, 0.1) is 0 Å². The van der Waals surface area contributed by atoms with Crippen molar-refractivity contribution in [1.82, 2.24) is 9.80 Å². The first-order valence-corrected chi connectivity index (χ1v) is 10.0. The van der Waals surface area contributed by atoms with Gasteiger partial charge < -0.3 is 14.5 Å². The van der Waals surface area contributed by atoms with Crippen molar-refractivity contribution in [3.63, 3.8) is 0 Å². The Hall–Kier alpha value is -1.95. The van der Waals surface area contributed by atoms with E-state index in [2.05, 4.69) is 11.0 Å². The number of anilines is 1. The summed E-state index contributed by atoms with van der Waals surface area (Å²) in [6.45, 7) is 4.01. The molecular weight excluding hydrogens is 397 g/mol. The molecule has 150 valence electrons. The second-order valence-electron chi connectivity index (χ2n) is 6.96. The average Bonchev–Trinajstić information content (AvgIpc) is 2.70. The number of amides is 1. The normalized spacial score (nSPS) is 14.5. The van der Waals surface area contributed by atoms with Crippen LogP contribution in [0.5, 0.6) is 5.75 Å². The second-order valence-corrected chi connectivity index (χ2v) is 7.77. The Labute approximate surface area is 176 Å². The second kappa shape index (κ2) is 9.50. The van der Waals surface area contributed by atoms with Crippen LogP contribution in [-0.4, -0.2) is 62.6 Å². The van der Waals surface area contributed by atoms with Gasteiger partial charge in [0.2, 0.25) is 5.91 Å². The molecule has 1 aliphatic heterocycles. The molecule has 0 radical (unpaired) electrons. The Morgan fingerprint density at radius 1 is 1.07 bits per heavy atom. The molecule has 1 amide bonds. The standard InChI is InChI=1S/C21H25Cl2N3O2/c1-24(14-16-7-8-17(22)18(23)13-16)15-21(27)26-11-9-25(10-12-26)19-5-3-4-6-20(19)28-2/h3-8,13H,9-12,14-15H2,1-2H3. The summed E-state index contributed by atoms with van der Waals surface area (Å²) in [5.41, 5.74) is 2.11. The Bertz CT molecular complexity index is 823. The lowest BCUT2D eigenvalue weighted by atomic mass is 10.2. The van der Waals surface area contributed by atoms with Crippen molar-refractivity contribution in [3.05, 3.63) is 58.1 Å². The van der Waals surface area contributed by atoms with Gasteiger partial charge in [-0.3, -0.25) is 9.69 Å². The van der Waals surface area contributed by atoms with Gasteiger partial charge in [-0.2, -0.15) is 0 Å². The van der Waals surface area contributed by atoms with Crippen molar-refractivity contribution in [2.75, 3.05) is 51.8 Å². The van der Waals surface area contributed by atoms with E-state index in [0.717, 1.165) is 30.1 Å². The van der Waals surface area contributed by atoms with E-state index < -0.39 is 0 Å². The molecular formula is C21H25Cl2N3O2. The number of hydrogen-bond acceptors (Lipinski definition) is 4. The highest BCUT2D eigenvalue weighted by molar-refractivity contribution is 6.42. The van der Waals surface area contributed by atoms with Gasteiger partial charge in [0.05, 0.1) is 29.4 Å². The quantitative estimate of drug-likeness (QED) is 0.710. The summed E-state index contributed by atoms with van der Waals surface area (Å²) in [7, 11) is 3.62. The van der Waals surface area contributed by atoms with E-state index in [9.17, 15) is 4.79 Å². The van der Waals surface area contributed by atoms with Gasteiger partial charge in [-0.25, -0.2) is 0 Å². The average molecular weight is 422 g/mol. The van der Waals surface area contributed by atoms with E-state index >= 15 is 0 Å². The molecule has 0 spiro atoms. The topological polar surface area (TPSA) is 36.0 Å². The highest BCUT2D eigenvalue weighted by Gasteiger charge is 2.23. The van der Waals surface area contributed by atoms with Crippen molar-refractivity contribution in [1.29, 1.82) is 0 Å². The van der Waals surface area contributed by atoms with Crippen LogP contribution in [-0.2, 0) is 11.3 Å². The van der Waals surface area contributed by atoms with Crippen LogP contribution >= 0.6 is 23.2 Å². The third-order valence-corrected chi connectivity index (χ3v) is 5.64. The minimum Gasteiger partial charge on any atom is -0.495 e. The number of nitrogens with zero attached hydrogens (tertiary/aromatic N) is 3. The number of likely N-dealkylation sites (N-methyl/N-ethyl adjacent to an activating group) is 1. The van der Waals surface area contributed by atoms with E-state index in [4.69, 9.17) is 27.9 Å². The molecule has 1 aliphatic rings. The van der Waals surface area contributed by atoms with Gasteiger partial charge >= 0.3 is 0 Å². The van der Waals surface area contributed by atoms with Crippen LogP contribution < -0.4 is 9.64 Å². The lowest BCUT2D eigenvalue weighted by Gasteiger charge is -2.37. The number of methoxy groups -OCH3 is 1. The molecule has 0 atom stereocenters. The molecule has 3 rings (SSSR count). The summed E-state index contributed by atoms with van der Waals surface area (Å²) in [5.74, 6) is 1.01. The largest absolute Gasteiger partial charge is 0.495 e. The van der Waals surface area contributed by atoms with Crippen LogP contribution in [0.15, 0.2) is 42.5 Å². The zero-order valence-corrected chi connectivity index (χ0v) is 17.7. The fourth-order valence-corrected chi connectivity index (χ4v) is 3.74. The summed E-state index contributed by atoms with van der Waals surface area (Å²) in [5, 5.41) is 1.07. The predicted molar refractivity (Wildman–Crippen MR) is 115 cm³/mol. The number of piperazine rings is 1. The molecule has 0 aromatic heterocycles. The van der Waals surface area contributed by atoms with E-state index in [1.54, 1.807) is 13.2 Å². The van der Waals surface area contributed by atoms with E-state index in [1.807, 2.05) is 47.2 Å². The first kappa shape index (κ1) is 20.8. The van der Waals surface area contributed by atoms with Crippen molar-refractivity contribution >= 4 is 34.8 Å². The van der Waals surface area contributed by atoms with Gasteiger partial charge in [0, 0.05) is 32.7 Å². The van der Waals surface area contributed by atoms with E-state index in [1.165, 1.54) is 0 Å². The molecule has 2 aromatic rings. The maximum absolute atomic E-state index is 12.7. The van der Waals surface area contributed by atoms with Crippen molar-refractivity contribution < 1.29 is 9.53 Å². The van der Waals surface area contributed by atoms with Gasteiger partial charge in [0.15, 0.2) is 0 Å². The molecule has 7 heteroatoms. The maximum atomic E-state index is 12.7. The van der Waals surface area contributed by atoms with Crippen molar-refractivity contribution in [2.45, 2.75) is 6.54 Å². The number of carbonyl (C=O) groups is 1. The molecule has 0 N–H and O–H groups in total. The van der Waals surface area contributed by atoms with Crippen molar-refractivity contribution in [2.24, 2.45) is 0 Å². The molecule has 2 aromatic carbocycles. The molecule has 0 bridgehead atoms. The Kier molecular flexibility index (Phi) is 7.05. The highest BCUT2D eigenvalue weighted by atomic mass is 35.5. The number of carbonyl (C=O) groups excluding carboxylic acids is 1. The third kappa shape index (κ3) is 5.10. The number of para-hydroxylation sites is 2. The smallest absolute Gasteiger partial charge is 0.236 e. The van der Waals surface area contributed by atoms with E-state index in [-0.39, 0.29) is 5.91 Å². The Balaban J connectivity index is 1.51. The summed E-state index contributed by atoms with van der Waals surface area (Å²) >= 11 is 12.0. The first-order valence-electron chi connectivity index (χ1n) is 9.26. The lowest BCUT2D eigenvalue weighted by molar-refractivity contribution is -0.132. The third-order valence-electron chi connectivity index (χ3n) is 4.90. The van der Waals surface area contributed by atoms with Crippen LogP contribution in [0.3, 0.4) is 0 Å². The van der Waals surface area contributed by atoms with Gasteiger partial charge in [-0.1, -0.05) is 41.4 Å². The van der Waals surface area contributed by atoms with Crippen LogP contribution in [0.4, 0.5) is 5.69 Å². The number of ether oxygens (including phenoxy) is 1. The minimum atomic E-state index is 0.141. The van der Waals surface area contributed by atoms with E-state index in [0.29, 0.717) is 36.2 Å². The van der Waals surface area contributed by atoms with Gasteiger partial charge in [-0.05, 0) is 36.9 Å². The predicted octanol–water partition coefficient (Wildman–Crippen LogP) is 3.78. The summed E-state index contributed by atoms with van der Waals surface area (Å²) in [6, 6.07) is 13.6. The van der Waals surface area contributed by atoms with Crippen molar-refractivity contribution in [3.8, 4) is 5.75 Å². The Morgan fingerprint density at radius 3 is 2.46 bits per heavy atom. The maximum Gasteiger partial charge on any atom is 0.236 e. The fraction of sp³-hybridized carbons (Fsp3) is 0.381. The number of hydrogen-bond donors (Lipinski definition) is 0. The SMILES string of the molecule is COc1ccccc1N1CCN(C(=O)CN(C)Cc2ccc(Cl)c(Cl)c2)CC1. The molecule has 28 heavy (non-hydrogen) atoms. The fourth-order valence-electron chi connectivity index (χ4n) is 3.42. The van der Waals surface area contributed by atoms with Crippen LogP contribution in [0.25, 0.3) is 0 Å². The number of benzene rings is 2. The zero-order valence-electron chi connectivity index (χ0n) is 16.2. The molecule has 0 aliphatic carbocycles. The van der Waals surface area contributed by atoms with Gasteiger partial charge in [-0.15, -0.1) is 0 Å². The summed E-state index contributed by atoms with van der Waals surface area (Å²) in [6.07, 6.45) is 0. The highest BCUT2D eigenvalue weighted by Crippen LogP contribution is 2.28. The van der Waals surface area contributed by atoms with Crippen LogP contribution in [0.1, 0.15) is 5.56 Å². The first-order chi connectivity index (χ1) is 13.5. The number of rotatable bonds is 6. The molecule has 0 saturated carbocycles. The molecule has 0 unspecified atom stereocenters. The monoisotopic (exact) mass is 421 g/mol. The number of halogens is 2. The molecule has 1 saturated heterocycles.